The Labute approximate surface area is 148 Å². The molecule has 1 N–H and O–H groups in total. The van der Waals surface area contributed by atoms with Crippen LogP contribution >= 0.6 is 23.2 Å². The van der Waals surface area contributed by atoms with Crippen LogP contribution in [0.4, 0.5) is 5.69 Å². The maximum atomic E-state index is 12.4. The average Bonchev–Trinajstić information content (AvgIpc) is 3.02. The minimum Gasteiger partial charge on any atom is -0.480 e. The van der Waals surface area contributed by atoms with Crippen LogP contribution in [-0.2, 0) is 11.2 Å². The van der Waals surface area contributed by atoms with Gasteiger partial charge in [-0.05, 0) is 42.7 Å². The molecule has 1 unspecified atom stereocenters. The molecule has 0 fully saturated rings. The molecule has 0 aliphatic carbocycles. The van der Waals surface area contributed by atoms with Crippen LogP contribution in [0.1, 0.15) is 12.0 Å². The third kappa shape index (κ3) is 2.85. The molecule has 2 aliphatic rings. The van der Waals surface area contributed by atoms with E-state index in [0.717, 1.165) is 17.7 Å². The molecule has 4 rings (SSSR count). The van der Waals surface area contributed by atoms with Crippen molar-refractivity contribution in [2.75, 3.05) is 12.1 Å². The second kappa shape index (κ2) is 6.07. The van der Waals surface area contributed by atoms with Crippen molar-refractivity contribution in [1.82, 2.24) is 0 Å². The Balaban J connectivity index is 1.49. The van der Waals surface area contributed by atoms with Gasteiger partial charge in [-0.3, -0.25) is 4.79 Å². The lowest BCUT2D eigenvalue weighted by Gasteiger charge is -2.25. The highest BCUT2D eigenvalue weighted by molar-refractivity contribution is 6.42. The van der Waals surface area contributed by atoms with Gasteiger partial charge in [0.25, 0.3) is 5.91 Å². The van der Waals surface area contributed by atoms with Crippen molar-refractivity contribution in [1.29, 1.82) is 0 Å². The molecule has 0 aromatic heterocycles. The monoisotopic (exact) mass is 365 g/mol. The molecule has 2 aromatic rings. The predicted octanol–water partition coefficient (Wildman–Crippen LogP) is 4.05. The first-order valence-corrected chi connectivity index (χ1v) is 8.21. The molecule has 0 radical (unpaired) electrons. The van der Waals surface area contributed by atoms with Gasteiger partial charge < -0.3 is 19.5 Å². The van der Waals surface area contributed by atoms with Crippen LogP contribution in [0.3, 0.4) is 0 Å². The summed E-state index contributed by atoms with van der Waals surface area (Å²) in [6.07, 6.45) is 0.734. The fraction of sp³-hybridized carbons (Fsp3) is 0.235. The standard InChI is InChI=1S/C17H13Cl2NO4/c18-11-3-2-10(6-12(11)19)20-17(21)13-4-1-9-5-15-16(23-8-22-15)7-14(9)24-13/h2-3,5-7,13H,1,4,8H2,(H,20,21). The Kier molecular flexibility index (Phi) is 3.90. The topological polar surface area (TPSA) is 56.8 Å². The van der Waals surface area contributed by atoms with Gasteiger partial charge in [0, 0.05) is 11.8 Å². The van der Waals surface area contributed by atoms with Crippen LogP contribution in [0.2, 0.25) is 10.0 Å². The first-order chi connectivity index (χ1) is 11.6. The van der Waals surface area contributed by atoms with E-state index in [1.807, 2.05) is 6.07 Å². The van der Waals surface area contributed by atoms with Gasteiger partial charge in [0.15, 0.2) is 17.6 Å². The predicted molar refractivity (Wildman–Crippen MR) is 90.4 cm³/mol. The Bertz CT molecular complexity index is 824. The number of fused-ring (bicyclic) bond motifs is 2. The number of anilines is 1. The first-order valence-electron chi connectivity index (χ1n) is 7.45. The van der Waals surface area contributed by atoms with Crippen LogP contribution in [0.15, 0.2) is 30.3 Å². The molecule has 0 saturated heterocycles. The summed E-state index contributed by atoms with van der Waals surface area (Å²) in [6, 6.07) is 8.62. The number of aryl methyl sites for hydroxylation is 1. The molecule has 2 aromatic carbocycles. The summed E-state index contributed by atoms with van der Waals surface area (Å²) < 4.78 is 16.5. The van der Waals surface area contributed by atoms with Crippen LogP contribution in [0.5, 0.6) is 17.2 Å². The summed E-state index contributed by atoms with van der Waals surface area (Å²) in [5.74, 6) is 1.78. The second-order valence-electron chi connectivity index (χ2n) is 5.58. The minimum absolute atomic E-state index is 0.208. The fourth-order valence-corrected chi connectivity index (χ4v) is 3.05. The number of nitrogens with one attached hydrogen (secondary N) is 1. The Morgan fingerprint density at radius 1 is 1.04 bits per heavy atom. The quantitative estimate of drug-likeness (QED) is 0.871. The summed E-state index contributed by atoms with van der Waals surface area (Å²) in [5.41, 5.74) is 1.59. The molecule has 5 nitrogen and oxygen atoms in total. The van der Waals surface area contributed by atoms with Gasteiger partial charge >= 0.3 is 0 Å². The highest BCUT2D eigenvalue weighted by Crippen LogP contribution is 2.41. The van der Waals surface area contributed by atoms with E-state index in [0.29, 0.717) is 33.7 Å². The molecule has 124 valence electrons. The molecular formula is C17H13Cl2NO4. The zero-order chi connectivity index (χ0) is 16.7. The van der Waals surface area contributed by atoms with E-state index in [1.165, 1.54) is 0 Å². The van der Waals surface area contributed by atoms with E-state index in [1.54, 1.807) is 24.3 Å². The SMILES string of the molecule is O=C(Nc1ccc(Cl)c(Cl)c1)C1CCc2cc3c(cc2O1)OCO3. The van der Waals surface area contributed by atoms with Crippen molar-refractivity contribution in [3.05, 3.63) is 45.9 Å². The normalized spacial score (nSPS) is 17.8. The summed E-state index contributed by atoms with van der Waals surface area (Å²) in [7, 11) is 0. The number of hydrogen-bond donors (Lipinski definition) is 1. The highest BCUT2D eigenvalue weighted by Gasteiger charge is 2.29. The van der Waals surface area contributed by atoms with Gasteiger partial charge in [-0.25, -0.2) is 0 Å². The van der Waals surface area contributed by atoms with Crippen molar-refractivity contribution in [2.24, 2.45) is 0 Å². The lowest BCUT2D eigenvalue weighted by Crippen LogP contribution is -2.35. The third-order valence-electron chi connectivity index (χ3n) is 3.98. The largest absolute Gasteiger partial charge is 0.480 e. The summed E-state index contributed by atoms with van der Waals surface area (Å²) in [5, 5.41) is 3.62. The zero-order valence-electron chi connectivity index (χ0n) is 12.5. The molecule has 0 bridgehead atoms. The molecule has 2 aliphatic heterocycles. The zero-order valence-corrected chi connectivity index (χ0v) is 14.0. The van der Waals surface area contributed by atoms with Gasteiger partial charge in [-0.15, -0.1) is 0 Å². The molecule has 1 atom stereocenters. The molecular weight excluding hydrogens is 353 g/mol. The van der Waals surface area contributed by atoms with Crippen LogP contribution < -0.4 is 19.5 Å². The number of benzene rings is 2. The van der Waals surface area contributed by atoms with E-state index in [4.69, 9.17) is 37.4 Å². The van der Waals surface area contributed by atoms with Gasteiger partial charge in [0.05, 0.1) is 10.0 Å². The number of amides is 1. The molecule has 2 heterocycles. The van der Waals surface area contributed by atoms with Crippen LogP contribution in [-0.4, -0.2) is 18.8 Å². The van der Waals surface area contributed by atoms with Gasteiger partial charge in [-0.2, -0.15) is 0 Å². The Hall–Kier alpha value is -2.11. The first kappa shape index (κ1) is 15.4. The van der Waals surface area contributed by atoms with Gasteiger partial charge in [0.2, 0.25) is 6.79 Å². The van der Waals surface area contributed by atoms with Crippen molar-refractivity contribution in [2.45, 2.75) is 18.9 Å². The van der Waals surface area contributed by atoms with E-state index in [-0.39, 0.29) is 12.7 Å². The molecule has 1 amide bonds. The molecule has 0 saturated carbocycles. The maximum Gasteiger partial charge on any atom is 0.265 e. The van der Waals surface area contributed by atoms with Gasteiger partial charge in [-0.1, -0.05) is 23.2 Å². The molecule has 0 spiro atoms. The second-order valence-corrected chi connectivity index (χ2v) is 6.39. The number of ether oxygens (including phenoxy) is 3. The van der Waals surface area contributed by atoms with E-state index >= 15 is 0 Å². The Morgan fingerprint density at radius 3 is 2.62 bits per heavy atom. The molecule has 24 heavy (non-hydrogen) atoms. The van der Waals surface area contributed by atoms with Gasteiger partial charge in [0.1, 0.15) is 5.75 Å². The summed E-state index contributed by atoms with van der Waals surface area (Å²) >= 11 is 11.8. The van der Waals surface area contributed by atoms with E-state index in [9.17, 15) is 4.79 Å². The van der Waals surface area contributed by atoms with Crippen molar-refractivity contribution in [3.8, 4) is 17.2 Å². The van der Waals surface area contributed by atoms with E-state index < -0.39 is 6.10 Å². The summed E-state index contributed by atoms with van der Waals surface area (Å²) in [4.78, 5) is 12.4. The maximum absolute atomic E-state index is 12.4. The Morgan fingerprint density at radius 2 is 1.83 bits per heavy atom. The van der Waals surface area contributed by atoms with Crippen LogP contribution in [0.25, 0.3) is 0 Å². The number of carbonyl (C=O) groups is 1. The minimum atomic E-state index is -0.577. The van der Waals surface area contributed by atoms with Crippen molar-refractivity contribution in [3.63, 3.8) is 0 Å². The highest BCUT2D eigenvalue weighted by atomic mass is 35.5. The van der Waals surface area contributed by atoms with Crippen molar-refractivity contribution >= 4 is 34.8 Å². The number of carbonyl (C=O) groups excluding carboxylic acids is 1. The summed E-state index contributed by atoms with van der Waals surface area (Å²) in [6.45, 7) is 0.208. The lowest BCUT2D eigenvalue weighted by molar-refractivity contribution is -0.123. The number of halogens is 2. The fourth-order valence-electron chi connectivity index (χ4n) is 2.75. The average molecular weight is 366 g/mol. The third-order valence-corrected chi connectivity index (χ3v) is 4.72. The van der Waals surface area contributed by atoms with Crippen molar-refractivity contribution < 1.29 is 19.0 Å². The molecule has 7 heteroatoms. The number of hydrogen-bond acceptors (Lipinski definition) is 4. The van der Waals surface area contributed by atoms with Crippen LogP contribution in [0, 0.1) is 0 Å². The smallest absolute Gasteiger partial charge is 0.265 e. The lowest BCUT2D eigenvalue weighted by atomic mass is 10.0. The van der Waals surface area contributed by atoms with E-state index in [2.05, 4.69) is 5.32 Å². The number of rotatable bonds is 2.